The molecule has 3 heteroatoms. The van der Waals surface area contributed by atoms with Crippen molar-refractivity contribution < 1.29 is 4.74 Å². The van der Waals surface area contributed by atoms with Crippen molar-refractivity contribution in [2.24, 2.45) is 5.92 Å². The van der Waals surface area contributed by atoms with Crippen LogP contribution in [0.3, 0.4) is 0 Å². The van der Waals surface area contributed by atoms with Crippen molar-refractivity contribution >= 4 is 0 Å². The van der Waals surface area contributed by atoms with Gasteiger partial charge in [0.25, 0.3) is 0 Å². The molecule has 0 spiro atoms. The summed E-state index contributed by atoms with van der Waals surface area (Å²) in [4.78, 5) is 8.93. The van der Waals surface area contributed by atoms with Crippen LogP contribution in [0.1, 0.15) is 45.6 Å². The molecule has 1 aromatic heterocycles. The van der Waals surface area contributed by atoms with Crippen molar-refractivity contribution in [2.75, 3.05) is 6.61 Å². The first-order valence-corrected chi connectivity index (χ1v) is 8.27. The monoisotopic (exact) mass is 298 g/mol. The van der Waals surface area contributed by atoms with E-state index in [9.17, 15) is 0 Å². The molecular formula is C19H26N2O. The Morgan fingerprint density at radius 1 is 1.05 bits per heavy atom. The van der Waals surface area contributed by atoms with E-state index in [0.29, 0.717) is 5.92 Å². The maximum absolute atomic E-state index is 5.77. The maximum Gasteiger partial charge on any atom is 0.159 e. The molecule has 0 saturated carbocycles. The number of aryl methyl sites for hydroxylation is 1. The second-order valence-electron chi connectivity index (χ2n) is 5.87. The van der Waals surface area contributed by atoms with E-state index in [0.717, 1.165) is 36.6 Å². The fourth-order valence-corrected chi connectivity index (χ4v) is 2.07. The zero-order valence-corrected chi connectivity index (χ0v) is 13.9. The van der Waals surface area contributed by atoms with Crippen LogP contribution in [-0.4, -0.2) is 16.6 Å². The Balaban J connectivity index is 1.97. The normalized spacial score (nSPS) is 12.1. The van der Waals surface area contributed by atoms with E-state index < -0.39 is 0 Å². The number of ether oxygens (including phenoxy) is 1. The third kappa shape index (κ3) is 4.83. The lowest BCUT2D eigenvalue weighted by molar-refractivity contribution is 0.256. The van der Waals surface area contributed by atoms with Crippen molar-refractivity contribution in [3.05, 3.63) is 42.2 Å². The summed E-state index contributed by atoms with van der Waals surface area (Å²) in [5.41, 5.74) is 2.23. The van der Waals surface area contributed by atoms with Gasteiger partial charge in [-0.15, -0.1) is 0 Å². The summed E-state index contributed by atoms with van der Waals surface area (Å²) in [5.74, 6) is 2.26. The van der Waals surface area contributed by atoms with E-state index >= 15 is 0 Å². The van der Waals surface area contributed by atoms with Gasteiger partial charge in [0.05, 0.1) is 6.61 Å². The third-order valence-electron chi connectivity index (χ3n) is 3.87. The molecule has 1 heterocycles. The predicted molar refractivity (Wildman–Crippen MR) is 91.0 cm³/mol. The first kappa shape index (κ1) is 16.5. The van der Waals surface area contributed by atoms with Crippen LogP contribution in [0.2, 0.25) is 0 Å². The molecule has 0 aliphatic heterocycles. The van der Waals surface area contributed by atoms with E-state index in [2.05, 4.69) is 30.7 Å². The molecule has 0 aliphatic rings. The van der Waals surface area contributed by atoms with Gasteiger partial charge in [-0.2, -0.15) is 0 Å². The summed E-state index contributed by atoms with van der Waals surface area (Å²) in [6, 6.07) is 8.03. The molecule has 0 bridgehead atoms. The minimum Gasteiger partial charge on any atom is -0.493 e. The Morgan fingerprint density at radius 2 is 1.73 bits per heavy atom. The molecule has 22 heavy (non-hydrogen) atoms. The predicted octanol–water partition coefficient (Wildman–Crippen LogP) is 4.91. The molecule has 1 unspecified atom stereocenters. The van der Waals surface area contributed by atoms with Gasteiger partial charge >= 0.3 is 0 Å². The molecule has 2 rings (SSSR count). The van der Waals surface area contributed by atoms with Crippen molar-refractivity contribution in [3.8, 4) is 17.1 Å². The second-order valence-corrected chi connectivity index (χ2v) is 5.87. The number of unbranched alkanes of at least 4 members (excludes halogenated alkanes) is 1. The Hall–Kier alpha value is -1.90. The van der Waals surface area contributed by atoms with Crippen molar-refractivity contribution in [1.29, 1.82) is 0 Å². The minimum absolute atomic E-state index is 0.582. The largest absolute Gasteiger partial charge is 0.493 e. The van der Waals surface area contributed by atoms with Gasteiger partial charge in [-0.1, -0.05) is 33.6 Å². The zero-order chi connectivity index (χ0) is 15.8. The van der Waals surface area contributed by atoms with Gasteiger partial charge in [-0.3, -0.25) is 0 Å². The van der Waals surface area contributed by atoms with Gasteiger partial charge in [-0.25, -0.2) is 9.97 Å². The third-order valence-corrected chi connectivity index (χ3v) is 3.87. The Kier molecular flexibility index (Phi) is 6.38. The number of aromatic nitrogens is 2. The quantitative estimate of drug-likeness (QED) is 0.694. The molecule has 0 fully saturated rings. The number of rotatable bonds is 8. The van der Waals surface area contributed by atoms with Crippen LogP contribution < -0.4 is 4.74 Å². The minimum atomic E-state index is 0.582. The number of hydrogen-bond donors (Lipinski definition) is 0. The molecule has 118 valence electrons. The smallest absolute Gasteiger partial charge is 0.159 e. The molecule has 0 N–H and O–H groups in total. The first-order valence-electron chi connectivity index (χ1n) is 8.27. The van der Waals surface area contributed by atoms with Crippen LogP contribution >= 0.6 is 0 Å². The highest BCUT2D eigenvalue weighted by atomic mass is 16.5. The molecule has 1 atom stereocenters. The van der Waals surface area contributed by atoms with Crippen LogP contribution in [0.25, 0.3) is 11.4 Å². The average molecular weight is 298 g/mol. The lowest BCUT2D eigenvalue weighted by atomic mass is 10.1. The molecular weight excluding hydrogens is 272 g/mol. The molecule has 0 amide bonds. The van der Waals surface area contributed by atoms with Crippen LogP contribution in [0.4, 0.5) is 0 Å². The Labute approximate surface area is 133 Å². The lowest BCUT2D eigenvalue weighted by Crippen LogP contribution is -2.07. The summed E-state index contributed by atoms with van der Waals surface area (Å²) in [7, 11) is 0. The summed E-state index contributed by atoms with van der Waals surface area (Å²) in [6.07, 6.45) is 8.44. The summed E-state index contributed by atoms with van der Waals surface area (Å²) in [5, 5.41) is 0. The number of benzene rings is 1. The van der Waals surface area contributed by atoms with E-state index in [-0.39, 0.29) is 0 Å². The van der Waals surface area contributed by atoms with Crippen LogP contribution in [0, 0.1) is 5.92 Å². The van der Waals surface area contributed by atoms with E-state index in [1.54, 1.807) is 0 Å². The summed E-state index contributed by atoms with van der Waals surface area (Å²) >= 11 is 0. The van der Waals surface area contributed by atoms with E-state index in [1.807, 2.05) is 36.7 Å². The second kappa shape index (κ2) is 8.52. The summed E-state index contributed by atoms with van der Waals surface area (Å²) < 4.78 is 5.77. The van der Waals surface area contributed by atoms with Crippen LogP contribution in [0.5, 0.6) is 5.75 Å². The number of hydrogen-bond acceptors (Lipinski definition) is 3. The maximum atomic E-state index is 5.77. The lowest BCUT2D eigenvalue weighted by Gasteiger charge is -2.11. The Bertz CT molecular complexity index is 549. The topological polar surface area (TPSA) is 35.0 Å². The zero-order valence-electron chi connectivity index (χ0n) is 13.9. The van der Waals surface area contributed by atoms with Crippen molar-refractivity contribution in [3.63, 3.8) is 0 Å². The molecule has 0 radical (unpaired) electrons. The standard InChI is InChI=1S/C19H26N2O/c1-4-6-7-16-12-20-19(21-13-16)17-8-10-18(11-9-17)22-14-15(3)5-2/h8-13,15H,4-7,14H2,1-3H3. The average Bonchev–Trinajstić information content (AvgIpc) is 2.58. The van der Waals surface area contributed by atoms with Crippen LogP contribution in [0.15, 0.2) is 36.7 Å². The number of nitrogens with zero attached hydrogens (tertiary/aromatic N) is 2. The molecule has 0 aliphatic carbocycles. The van der Waals surface area contributed by atoms with Gasteiger partial charge in [0.15, 0.2) is 5.82 Å². The first-order chi connectivity index (χ1) is 10.7. The van der Waals surface area contributed by atoms with E-state index in [4.69, 9.17) is 4.74 Å². The van der Waals surface area contributed by atoms with Gasteiger partial charge < -0.3 is 4.74 Å². The summed E-state index contributed by atoms with van der Waals surface area (Å²) in [6.45, 7) is 7.33. The van der Waals surface area contributed by atoms with Gasteiger partial charge in [0, 0.05) is 18.0 Å². The SMILES string of the molecule is CCCCc1cnc(-c2ccc(OCC(C)CC)cc2)nc1. The fraction of sp³-hybridized carbons (Fsp3) is 0.474. The fourth-order valence-electron chi connectivity index (χ4n) is 2.07. The van der Waals surface area contributed by atoms with Crippen LogP contribution in [-0.2, 0) is 6.42 Å². The molecule has 1 aromatic carbocycles. The van der Waals surface area contributed by atoms with Gasteiger partial charge in [0.1, 0.15) is 5.75 Å². The van der Waals surface area contributed by atoms with Gasteiger partial charge in [-0.05, 0) is 48.6 Å². The highest BCUT2D eigenvalue weighted by Crippen LogP contribution is 2.20. The van der Waals surface area contributed by atoms with Crippen molar-refractivity contribution in [1.82, 2.24) is 9.97 Å². The highest BCUT2D eigenvalue weighted by molar-refractivity contribution is 5.55. The van der Waals surface area contributed by atoms with Gasteiger partial charge in [0.2, 0.25) is 0 Å². The van der Waals surface area contributed by atoms with Crippen molar-refractivity contribution in [2.45, 2.75) is 46.5 Å². The molecule has 2 aromatic rings. The Morgan fingerprint density at radius 3 is 2.32 bits per heavy atom. The molecule has 0 saturated heterocycles. The highest BCUT2D eigenvalue weighted by Gasteiger charge is 2.04. The van der Waals surface area contributed by atoms with E-state index in [1.165, 1.54) is 18.4 Å². The molecule has 3 nitrogen and oxygen atoms in total.